The molecule has 2 rings (SSSR count). The van der Waals surface area contributed by atoms with Gasteiger partial charge in [0.1, 0.15) is 0 Å². The van der Waals surface area contributed by atoms with Crippen molar-refractivity contribution in [3.8, 4) is 11.5 Å². The van der Waals surface area contributed by atoms with Crippen molar-refractivity contribution in [3.63, 3.8) is 0 Å². The second-order valence-electron chi connectivity index (χ2n) is 4.61. The lowest BCUT2D eigenvalue weighted by Crippen LogP contribution is -2.48. The summed E-state index contributed by atoms with van der Waals surface area (Å²) in [5, 5.41) is 0.661. The van der Waals surface area contributed by atoms with Crippen LogP contribution in [0.3, 0.4) is 0 Å². The average Bonchev–Trinajstić information content (AvgIpc) is 2.35. The largest absolute Gasteiger partial charge is 0.493 e. The molecule has 5 heteroatoms. The first-order valence-corrected chi connectivity index (χ1v) is 7.11. The number of carbonyl (C=O) groups is 1. The molecule has 1 fully saturated rings. The van der Waals surface area contributed by atoms with Gasteiger partial charge in [0.2, 0.25) is 0 Å². The summed E-state index contributed by atoms with van der Waals surface area (Å²) in [6.07, 6.45) is 0. The summed E-state index contributed by atoms with van der Waals surface area (Å²) in [5.74, 6) is 1.51. The van der Waals surface area contributed by atoms with Crippen LogP contribution in [0.1, 0.15) is 12.5 Å². The molecule has 0 unspecified atom stereocenters. The molecule has 1 aromatic carbocycles. The number of rotatable bonds is 5. The summed E-state index contributed by atoms with van der Waals surface area (Å²) in [6.45, 7) is 4.45. The number of carbonyl (C=O) groups excluding carboxylic acids is 1. The van der Waals surface area contributed by atoms with E-state index < -0.39 is 0 Å². The molecule has 4 nitrogen and oxygen atoms in total. The van der Waals surface area contributed by atoms with Gasteiger partial charge in [-0.1, -0.05) is 17.8 Å². The number of methoxy groups -OCH3 is 2. The number of nitrogens with zero attached hydrogens (tertiary/aromatic N) is 1. The van der Waals surface area contributed by atoms with Gasteiger partial charge < -0.3 is 9.47 Å². The topological polar surface area (TPSA) is 38.8 Å². The SMILES string of the molecule is COc1ccc(CN2CC(SC(C)=O)C2)cc1OC. The molecule has 0 amide bonds. The summed E-state index contributed by atoms with van der Waals surface area (Å²) >= 11 is 1.44. The predicted molar refractivity (Wildman–Crippen MR) is 76.9 cm³/mol. The van der Waals surface area contributed by atoms with Gasteiger partial charge in [0, 0.05) is 31.8 Å². The number of hydrogen-bond donors (Lipinski definition) is 0. The molecule has 1 aliphatic rings. The highest BCUT2D eigenvalue weighted by Gasteiger charge is 2.28. The molecule has 0 aromatic heterocycles. The van der Waals surface area contributed by atoms with Crippen molar-refractivity contribution in [2.45, 2.75) is 18.7 Å². The van der Waals surface area contributed by atoms with Crippen molar-refractivity contribution in [1.82, 2.24) is 4.90 Å². The first-order chi connectivity index (χ1) is 9.12. The van der Waals surface area contributed by atoms with Crippen molar-refractivity contribution in [3.05, 3.63) is 23.8 Å². The highest BCUT2D eigenvalue weighted by Crippen LogP contribution is 2.30. The maximum absolute atomic E-state index is 11.0. The summed E-state index contributed by atoms with van der Waals surface area (Å²) < 4.78 is 10.5. The van der Waals surface area contributed by atoms with E-state index >= 15 is 0 Å². The zero-order chi connectivity index (χ0) is 13.8. The Hall–Kier alpha value is -1.20. The van der Waals surface area contributed by atoms with E-state index in [1.165, 1.54) is 17.3 Å². The number of benzene rings is 1. The Morgan fingerprint density at radius 1 is 1.32 bits per heavy atom. The smallest absolute Gasteiger partial charge is 0.186 e. The molecule has 1 aromatic rings. The first kappa shape index (κ1) is 14.2. The minimum atomic E-state index is 0.204. The van der Waals surface area contributed by atoms with Crippen molar-refractivity contribution in [2.75, 3.05) is 27.3 Å². The highest BCUT2D eigenvalue weighted by atomic mass is 32.2. The molecule has 0 N–H and O–H groups in total. The summed E-state index contributed by atoms with van der Waals surface area (Å²) in [4.78, 5) is 13.3. The Labute approximate surface area is 118 Å². The number of ether oxygens (including phenoxy) is 2. The molecule has 19 heavy (non-hydrogen) atoms. The van der Waals surface area contributed by atoms with Gasteiger partial charge in [-0.2, -0.15) is 0 Å². The first-order valence-electron chi connectivity index (χ1n) is 6.23. The lowest BCUT2D eigenvalue weighted by Gasteiger charge is -2.38. The van der Waals surface area contributed by atoms with Gasteiger partial charge >= 0.3 is 0 Å². The van der Waals surface area contributed by atoms with Crippen molar-refractivity contribution < 1.29 is 14.3 Å². The number of hydrogen-bond acceptors (Lipinski definition) is 5. The molecular weight excluding hydrogens is 262 g/mol. The van der Waals surface area contributed by atoms with E-state index in [1.54, 1.807) is 21.1 Å². The second kappa shape index (κ2) is 6.30. The molecule has 0 atom stereocenters. The Kier molecular flexibility index (Phi) is 4.71. The van der Waals surface area contributed by atoms with E-state index in [0.29, 0.717) is 5.25 Å². The van der Waals surface area contributed by atoms with Gasteiger partial charge in [-0.15, -0.1) is 0 Å². The van der Waals surface area contributed by atoms with Gasteiger partial charge in [0.25, 0.3) is 0 Å². The zero-order valence-corrected chi connectivity index (χ0v) is 12.3. The van der Waals surface area contributed by atoms with Crippen LogP contribution in [-0.2, 0) is 11.3 Å². The molecule has 0 radical (unpaired) electrons. The van der Waals surface area contributed by atoms with E-state index in [9.17, 15) is 4.79 Å². The molecule has 0 saturated carbocycles. The molecule has 0 bridgehead atoms. The van der Waals surface area contributed by atoms with E-state index in [0.717, 1.165) is 31.1 Å². The molecule has 1 aliphatic heterocycles. The maximum Gasteiger partial charge on any atom is 0.186 e. The average molecular weight is 281 g/mol. The standard InChI is InChI=1S/C14H19NO3S/c1-10(16)19-12-8-15(9-12)7-11-4-5-13(17-2)14(6-11)18-3/h4-6,12H,7-9H2,1-3H3. The minimum Gasteiger partial charge on any atom is -0.493 e. The molecule has 0 spiro atoms. The number of thioether (sulfide) groups is 1. The predicted octanol–water partition coefficient (Wildman–Crippen LogP) is 2.17. The molecule has 104 valence electrons. The van der Waals surface area contributed by atoms with Gasteiger partial charge in [0.15, 0.2) is 16.6 Å². The maximum atomic E-state index is 11.0. The molecular formula is C14H19NO3S. The highest BCUT2D eigenvalue weighted by molar-refractivity contribution is 8.14. The summed E-state index contributed by atoms with van der Waals surface area (Å²) in [5.41, 5.74) is 1.20. The lowest BCUT2D eigenvalue weighted by molar-refractivity contribution is -0.109. The van der Waals surface area contributed by atoms with Crippen LogP contribution >= 0.6 is 11.8 Å². The van der Waals surface area contributed by atoms with Crippen molar-refractivity contribution in [1.29, 1.82) is 0 Å². The van der Waals surface area contributed by atoms with Crippen molar-refractivity contribution in [2.24, 2.45) is 0 Å². The zero-order valence-electron chi connectivity index (χ0n) is 11.5. The third-order valence-corrected chi connectivity index (χ3v) is 4.07. The molecule has 1 heterocycles. The van der Waals surface area contributed by atoms with Crippen LogP contribution in [0.15, 0.2) is 18.2 Å². The fraction of sp³-hybridized carbons (Fsp3) is 0.500. The van der Waals surface area contributed by atoms with Gasteiger partial charge in [-0.25, -0.2) is 0 Å². The van der Waals surface area contributed by atoms with Crippen LogP contribution < -0.4 is 9.47 Å². The Morgan fingerprint density at radius 3 is 2.58 bits per heavy atom. The van der Waals surface area contributed by atoms with Crippen LogP contribution in [-0.4, -0.2) is 42.6 Å². The normalized spacial score (nSPS) is 15.9. The van der Waals surface area contributed by atoms with Crippen molar-refractivity contribution >= 4 is 16.9 Å². The molecule has 1 saturated heterocycles. The van der Waals surface area contributed by atoms with E-state index in [4.69, 9.17) is 9.47 Å². The Morgan fingerprint density at radius 2 is 2.00 bits per heavy atom. The third kappa shape index (κ3) is 3.64. The lowest BCUT2D eigenvalue weighted by atomic mass is 10.1. The summed E-state index contributed by atoms with van der Waals surface area (Å²) in [7, 11) is 3.28. The van der Waals surface area contributed by atoms with E-state index in [1.807, 2.05) is 18.2 Å². The Bertz CT molecular complexity index is 458. The van der Waals surface area contributed by atoms with Crippen LogP contribution in [0.4, 0.5) is 0 Å². The number of likely N-dealkylation sites (tertiary alicyclic amines) is 1. The summed E-state index contributed by atoms with van der Waals surface area (Å²) in [6, 6.07) is 5.98. The van der Waals surface area contributed by atoms with Gasteiger partial charge in [-0.3, -0.25) is 9.69 Å². The van der Waals surface area contributed by atoms with Crippen LogP contribution in [0, 0.1) is 0 Å². The minimum absolute atomic E-state index is 0.204. The second-order valence-corrected chi connectivity index (χ2v) is 6.09. The van der Waals surface area contributed by atoms with Crippen LogP contribution in [0.2, 0.25) is 0 Å². The van der Waals surface area contributed by atoms with Gasteiger partial charge in [0.05, 0.1) is 14.2 Å². The van der Waals surface area contributed by atoms with Crippen LogP contribution in [0.5, 0.6) is 11.5 Å². The van der Waals surface area contributed by atoms with Gasteiger partial charge in [-0.05, 0) is 17.7 Å². The monoisotopic (exact) mass is 281 g/mol. The Balaban J connectivity index is 1.89. The quantitative estimate of drug-likeness (QED) is 0.827. The molecule has 0 aliphatic carbocycles. The van der Waals surface area contributed by atoms with Crippen LogP contribution in [0.25, 0.3) is 0 Å². The fourth-order valence-electron chi connectivity index (χ4n) is 2.20. The third-order valence-electron chi connectivity index (χ3n) is 3.11. The fourth-order valence-corrected chi connectivity index (χ4v) is 3.24. The van der Waals surface area contributed by atoms with E-state index in [2.05, 4.69) is 4.90 Å². The van der Waals surface area contributed by atoms with E-state index in [-0.39, 0.29) is 5.12 Å².